The van der Waals surface area contributed by atoms with Crippen molar-refractivity contribution in [1.82, 2.24) is 5.32 Å². The molecular formula is C13H16ClNO3. The monoisotopic (exact) mass is 269 g/mol. The maximum absolute atomic E-state index is 11.6. The highest BCUT2D eigenvalue weighted by Crippen LogP contribution is 2.23. The van der Waals surface area contributed by atoms with Crippen molar-refractivity contribution in [2.45, 2.75) is 26.3 Å². The molecule has 1 unspecified atom stereocenters. The first-order valence-electron chi connectivity index (χ1n) is 5.68. The average molecular weight is 270 g/mol. The number of carboxylic acids is 1. The van der Waals surface area contributed by atoms with Crippen molar-refractivity contribution in [3.05, 3.63) is 34.9 Å². The summed E-state index contributed by atoms with van der Waals surface area (Å²) in [6.45, 7) is 3.79. The summed E-state index contributed by atoms with van der Waals surface area (Å²) in [6.07, 6.45) is 0.286. The van der Waals surface area contributed by atoms with Crippen LogP contribution in [0.2, 0.25) is 5.02 Å². The molecule has 2 N–H and O–H groups in total. The van der Waals surface area contributed by atoms with Crippen LogP contribution in [0.4, 0.5) is 0 Å². The van der Waals surface area contributed by atoms with Crippen molar-refractivity contribution < 1.29 is 14.7 Å². The molecule has 1 rings (SSSR count). The quantitative estimate of drug-likeness (QED) is 0.863. The van der Waals surface area contributed by atoms with Gasteiger partial charge in [-0.3, -0.25) is 4.79 Å². The molecule has 0 saturated carbocycles. The van der Waals surface area contributed by atoms with Crippen molar-refractivity contribution in [2.24, 2.45) is 5.92 Å². The molecule has 0 aromatic heterocycles. The number of hydrogen-bond donors (Lipinski definition) is 2. The zero-order valence-electron chi connectivity index (χ0n) is 10.3. The van der Waals surface area contributed by atoms with E-state index in [1.54, 1.807) is 24.3 Å². The van der Waals surface area contributed by atoms with Gasteiger partial charge < -0.3 is 10.4 Å². The average Bonchev–Trinajstić information content (AvgIpc) is 2.25. The molecule has 1 atom stereocenters. The van der Waals surface area contributed by atoms with Crippen molar-refractivity contribution in [3.63, 3.8) is 0 Å². The Hall–Kier alpha value is -1.55. The molecule has 0 aliphatic heterocycles. The second-order valence-corrected chi connectivity index (χ2v) is 4.87. The Bertz CT molecular complexity index is 446. The van der Waals surface area contributed by atoms with Gasteiger partial charge in [-0.05, 0) is 12.0 Å². The van der Waals surface area contributed by atoms with Crippen molar-refractivity contribution >= 4 is 23.5 Å². The summed E-state index contributed by atoms with van der Waals surface area (Å²) in [5, 5.41) is 12.0. The highest BCUT2D eigenvalue weighted by atomic mass is 35.5. The van der Waals surface area contributed by atoms with Crippen LogP contribution in [0.25, 0.3) is 0 Å². The van der Waals surface area contributed by atoms with Gasteiger partial charge in [-0.2, -0.15) is 0 Å². The van der Waals surface area contributed by atoms with E-state index < -0.39 is 12.0 Å². The van der Waals surface area contributed by atoms with Crippen molar-refractivity contribution in [1.29, 1.82) is 0 Å². The van der Waals surface area contributed by atoms with Crippen LogP contribution in [-0.4, -0.2) is 17.0 Å². The molecule has 0 bridgehead atoms. The number of carbonyl (C=O) groups excluding carboxylic acids is 1. The predicted octanol–water partition coefficient (Wildman–Crippen LogP) is 2.63. The Kier molecular flexibility index (Phi) is 5.16. The number of carboxylic acid groups (broad SMARTS) is 1. The smallest absolute Gasteiger partial charge is 0.330 e. The highest BCUT2D eigenvalue weighted by Gasteiger charge is 2.24. The largest absolute Gasteiger partial charge is 0.479 e. The molecule has 1 aromatic carbocycles. The molecule has 18 heavy (non-hydrogen) atoms. The molecular weight excluding hydrogens is 254 g/mol. The fraction of sp³-hybridized carbons (Fsp3) is 0.385. The van der Waals surface area contributed by atoms with Crippen LogP contribution in [0, 0.1) is 5.92 Å². The highest BCUT2D eigenvalue weighted by molar-refractivity contribution is 6.31. The van der Waals surface area contributed by atoms with Gasteiger partial charge in [0.05, 0.1) is 0 Å². The molecule has 0 aliphatic rings. The number of carbonyl (C=O) groups is 2. The first-order valence-corrected chi connectivity index (χ1v) is 6.06. The van der Waals surface area contributed by atoms with Gasteiger partial charge >= 0.3 is 5.97 Å². The van der Waals surface area contributed by atoms with Crippen molar-refractivity contribution in [2.75, 3.05) is 0 Å². The molecule has 1 aromatic rings. The maximum atomic E-state index is 11.6. The SMILES string of the molecule is CC(C)CC(=O)NC(C(=O)O)c1ccccc1Cl. The van der Waals surface area contributed by atoms with Gasteiger partial charge in [0.1, 0.15) is 0 Å². The zero-order chi connectivity index (χ0) is 13.7. The van der Waals surface area contributed by atoms with Gasteiger partial charge in [-0.15, -0.1) is 0 Å². The molecule has 4 nitrogen and oxygen atoms in total. The summed E-state index contributed by atoms with van der Waals surface area (Å²) in [6, 6.07) is 5.48. The molecule has 0 saturated heterocycles. The minimum atomic E-state index is -1.12. The standard InChI is InChI=1S/C13H16ClNO3/c1-8(2)7-11(16)15-12(13(17)18)9-5-3-4-6-10(9)14/h3-6,8,12H,7H2,1-2H3,(H,15,16)(H,17,18). The predicted molar refractivity (Wildman–Crippen MR) is 69.4 cm³/mol. The number of benzene rings is 1. The zero-order valence-corrected chi connectivity index (χ0v) is 11.1. The Morgan fingerprint density at radius 3 is 2.44 bits per heavy atom. The molecule has 1 amide bonds. The lowest BCUT2D eigenvalue weighted by molar-refractivity contribution is -0.142. The fourth-order valence-corrected chi connectivity index (χ4v) is 1.82. The lowest BCUT2D eigenvalue weighted by atomic mass is 10.1. The minimum Gasteiger partial charge on any atom is -0.479 e. The third-order valence-electron chi connectivity index (χ3n) is 2.36. The molecule has 98 valence electrons. The van der Waals surface area contributed by atoms with Gasteiger partial charge in [0.15, 0.2) is 6.04 Å². The first kappa shape index (κ1) is 14.5. The summed E-state index contributed by atoms with van der Waals surface area (Å²) in [5.41, 5.74) is 0.392. The third-order valence-corrected chi connectivity index (χ3v) is 2.71. The van der Waals surface area contributed by atoms with E-state index in [2.05, 4.69) is 5.32 Å². The van der Waals surface area contributed by atoms with Crippen LogP contribution in [0.3, 0.4) is 0 Å². The number of halogens is 1. The van der Waals surface area contributed by atoms with E-state index >= 15 is 0 Å². The summed E-state index contributed by atoms with van der Waals surface area (Å²) in [5.74, 6) is -1.25. The van der Waals surface area contributed by atoms with E-state index in [1.165, 1.54) is 0 Å². The van der Waals surface area contributed by atoms with E-state index in [0.29, 0.717) is 10.6 Å². The van der Waals surface area contributed by atoms with E-state index in [1.807, 2.05) is 13.8 Å². The summed E-state index contributed by atoms with van der Waals surface area (Å²) in [4.78, 5) is 22.8. The number of hydrogen-bond acceptors (Lipinski definition) is 2. The molecule has 0 spiro atoms. The third kappa shape index (κ3) is 4.04. The van der Waals surface area contributed by atoms with E-state index in [9.17, 15) is 9.59 Å². The molecule has 0 fully saturated rings. The minimum absolute atomic E-state index is 0.172. The Morgan fingerprint density at radius 1 is 1.33 bits per heavy atom. The molecule has 0 aliphatic carbocycles. The molecule has 5 heteroatoms. The van der Waals surface area contributed by atoms with Gasteiger partial charge in [0, 0.05) is 17.0 Å². The normalized spacial score (nSPS) is 12.2. The lowest BCUT2D eigenvalue weighted by Crippen LogP contribution is -2.34. The van der Waals surface area contributed by atoms with E-state index in [-0.39, 0.29) is 18.2 Å². The number of amides is 1. The van der Waals surface area contributed by atoms with Gasteiger partial charge in [-0.25, -0.2) is 4.79 Å². The summed E-state index contributed by atoms with van der Waals surface area (Å²) < 4.78 is 0. The topological polar surface area (TPSA) is 66.4 Å². The van der Waals surface area contributed by atoms with Gasteiger partial charge in [0.25, 0.3) is 0 Å². The number of rotatable bonds is 5. The second-order valence-electron chi connectivity index (χ2n) is 4.46. The number of aliphatic carboxylic acids is 1. The lowest BCUT2D eigenvalue weighted by Gasteiger charge is -2.16. The second kappa shape index (κ2) is 6.40. The Labute approximate surface area is 111 Å². The summed E-state index contributed by atoms with van der Waals surface area (Å²) >= 11 is 5.94. The van der Waals surface area contributed by atoms with Crippen LogP contribution in [0.15, 0.2) is 24.3 Å². The molecule has 0 heterocycles. The first-order chi connectivity index (χ1) is 8.41. The van der Waals surface area contributed by atoms with E-state index in [4.69, 9.17) is 16.7 Å². The molecule has 0 radical (unpaired) electrons. The van der Waals surface area contributed by atoms with Crippen LogP contribution in [0.5, 0.6) is 0 Å². The Balaban J connectivity index is 2.88. The fourth-order valence-electron chi connectivity index (χ4n) is 1.57. The van der Waals surface area contributed by atoms with Crippen LogP contribution < -0.4 is 5.32 Å². The van der Waals surface area contributed by atoms with Crippen LogP contribution >= 0.6 is 11.6 Å². The van der Waals surface area contributed by atoms with Gasteiger partial charge in [0.2, 0.25) is 5.91 Å². The maximum Gasteiger partial charge on any atom is 0.330 e. The van der Waals surface area contributed by atoms with Crippen LogP contribution in [-0.2, 0) is 9.59 Å². The van der Waals surface area contributed by atoms with E-state index in [0.717, 1.165) is 0 Å². The summed E-state index contributed by atoms with van der Waals surface area (Å²) in [7, 11) is 0. The van der Waals surface area contributed by atoms with Gasteiger partial charge in [-0.1, -0.05) is 43.6 Å². The number of nitrogens with one attached hydrogen (secondary N) is 1. The van der Waals surface area contributed by atoms with Crippen LogP contribution in [0.1, 0.15) is 31.9 Å². The van der Waals surface area contributed by atoms with Crippen molar-refractivity contribution in [3.8, 4) is 0 Å². The Morgan fingerprint density at radius 2 is 1.94 bits per heavy atom.